The minimum atomic E-state index is -0.707. The largest absolute Gasteiger partial charge is 0.421 e. The fourth-order valence-electron chi connectivity index (χ4n) is 2.00. The van der Waals surface area contributed by atoms with Crippen molar-refractivity contribution < 1.29 is 14.0 Å². The number of amides is 1. The van der Waals surface area contributed by atoms with E-state index in [1.54, 1.807) is 18.2 Å². The molecule has 0 fully saturated rings. The Kier molecular flexibility index (Phi) is 2.34. The van der Waals surface area contributed by atoms with E-state index < -0.39 is 11.5 Å². The summed E-state index contributed by atoms with van der Waals surface area (Å²) < 4.78 is 5.83. The zero-order valence-electron chi connectivity index (χ0n) is 8.95. The molecule has 5 nitrogen and oxygen atoms in total. The molecule has 1 aromatic carbocycles. The summed E-state index contributed by atoms with van der Waals surface area (Å²) in [7, 11) is 0. The Balaban J connectivity index is 2.48. The number of carbonyl (C=O) groups is 2. The van der Waals surface area contributed by atoms with E-state index in [2.05, 4.69) is 21.2 Å². The number of nitrogens with one attached hydrogen (secondary N) is 1. The summed E-state index contributed by atoms with van der Waals surface area (Å²) >= 11 is 3.29. The van der Waals surface area contributed by atoms with Crippen molar-refractivity contribution in [3.8, 4) is 0 Å². The molecule has 6 heteroatoms. The van der Waals surface area contributed by atoms with Gasteiger partial charge < -0.3 is 9.73 Å². The molecular formula is C12H6BrNO4. The van der Waals surface area contributed by atoms with Crippen molar-refractivity contribution >= 4 is 44.3 Å². The molecule has 0 spiro atoms. The molecule has 2 heterocycles. The van der Waals surface area contributed by atoms with E-state index >= 15 is 0 Å². The molecule has 0 saturated heterocycles. The Hall–Kier alpha value is -1.95. The van der Waals surface area contributed by atoms with E-state index in [0.29, 0.717) is 11.0 Å². The average molecular weight is 308 g/mol. The second-order valence-corrected chi connectivity index (χ2v) is 4.84. The molecule has 1 amide bonds. The number of fused-ring (bicyclic) bond motifs is 3. The fraction of sp³-hybridized carbons (Fsp3) is 0.0833. The van der Waals surface area contributed by atoms with Gasteiger partial charge in [-0.15, -0.1) is 0 Å². The van der Waals surface area contributed by atoms with Gasteiger partial charge in [-0.3, -0.25) is 9.59 Å². The van der Waals surface area contributed by atoms with Crippen molar-refractivity contribution in [1.29, 1.82) is 0 Å². The molecule has 0 radical (unpaired) electrons. The van der Waals surface area contributed by atoms with Crippen LogP contribution in [0.4, 0.5) is 5.69 Å². The molecule has 0 unspecified atom stereocenters. The van der Waals surface area contributed by atoms with Gasteiger partial charge >= 0.3 is 5.63 Å². The van der Waals surface area contributed by atoms with Crippen LogP contribution in [0.5, 0.6) is 0 Å². The predicted octanol–water partition coefficient (Wildman–Crippen LogP) is 2.08. The monoisotopic (exact) mass is 307 g/mol. The fourth-order valence-corrected chi connectivity index (χ4v) is 2.36. The molecule has 90 valence electrons. The van der Waals surface area contributed by atoms with Crippen LogP contribution in [-0.2, 0) is 4.79 Å². The number of hydrogen-bond acceptors (Lipinski definition) is 4. The quantitative estimate of drug-likeness (QED) is 0.597. The van der Waals surface area contributed by atoms with Gasteiger partial charge in [0.25, 0.3) is 0 Å². The zero-order valence-corrected chi connectivity index (χ0v) is 10.5. The SMILES string of the molecule is O=C1CC(=O)c2c(c(=O)oc3ccc(Br)cc23)N1. The lowest BCUT2D eigenvalue weighted by Gasteiger charge is -2.15. The second-order valence-electron chi connectivity index (χ2n) is 3.93. The Bertz CT molecular complexity index is 762. The summed E-state index contributed by atoms with van der Waals surface area (Å²) in [6.45, 7) is 0. The van der Waals surface area contributed by atoms with Crippen LogP contribution < -0.4 is 10.9 Å². The highest BCUT2D eigenvalue weighted by molar-refractivity contribution is 9.10. The smallest absolute Gasteiger partial charge is 0.361 e. The Morgan fingerprint density at radius 3 is 2.78 bits per heavy atom. The molecule has 1 aromatic heterocycles. The third-order valence-corrected chi connectivity index (χ3v) is 3.23. The van der Waals surface area contributed by atoms with Crippen LogP contribution in [0.2, 0.25) is 0 Å². The topological polar surface area (TPSA) is 76.4 Å². The molecule has 0 saturated carbocycles. The van der Waals surface area contributed by atoms with Crippen molar-refractivity contribution in [2.24, 2.45) is 0 Å². The van der Waals surface area contributed by atoms with Crippen LogP contribution in [0.15, 0.2) is 31.9 Å². The van der Waals surface area contributed by atoms with E-state index in [0.717, 1.165) is 4.47 Å². The van der Waals surface area contributed by atoms with Gasteiger partial charge in [-0.25, -0.2) is 4.79 Å². The van der Waals surface area contributed by atoms with Crippen molar-refractivity contribution in [1.82, 2.24) is 0 Å². The van der Waals surface area contributed by atoms with Gasteiger partial charge in [-0.05, 0) is 18.2 Å². The number of rotatable bonds is 0. The summed E-state index contributed by atoms with van der Waals surface area (Å²) in [6.07, 6.45) is -0.252. The minimum absolute atomic E-state index is 0.0677. The summed E-state index contributed by atoms with van der Waals surface area (Å²) in [5.74, 6) is -0.862. The minimum Gasteiger partial charge on any atom is -0.421 e. The van der Waals surface area contributed by atoms with E-state index in [4.69, 9.17) is 4.42 Å². The third kappa shape index (κ3) is 1.57. The van der Waals surface area contributed by atoms with E-state index in [-0.39, 0.29) is 23.5 Å². The molecular weight excluding hydrogens is 302 g/mol. The number of Topliss-reactive ketones (excluding diaryl/α,β-unsaturated/α-hetero) is 1. The lowest BCUT2D eigenvalue weighted by Crippen LogP contribution is -2.28. The van der Waals surface area contributed by atoms with Gasteiger partial charge in [-0.1, -0.05) is 15.9 Å². The molecule has 18 heavy (non-hydrogen) atoms. The van der Waals surface area contributed by atoms with Gasteiger partial charge in [0.1, 0.15) is 11.3 Å². The van der Waals surface area contributed by atoms with E-state index in [1.807, 2.05) is 0 Å². The maximum absolute atomic E-state index is 11.9. The first-order chi connectivity index (χ1) is 8.56. The van der Waals surface area contributed by atoms with Gasteiger partial charge in [0.2, 0.25) is 5.91 Å². The molecule has 0 atom stereocenters. The highest BCUT2D eigenvalue weighted by atomic mass is 79.9. The lowest BCUT2D eigenvalue weighted by molar-refractivity contribution is -0.115. The molecule has 2 aromatic rings. The number of hydrogen-bond donors (Lipinski definition) is 1. The van der Waals surface area contributed by atoms with E-state index in [9.17, 15) is 14.4 Å². The van der Waals surface area contributed by atoms with Gasteiger partial charge in [0.15, 0.2) is 5.78 Å². The maximum Gasteiger partial charge on any atom is 0.361 e. The Morgan fingerprint density at radius 1 is 1.22 bits per heavy atom. The van der Waals surface area contributed by atoms with Crippen LogP contribution in [0, 0.1) is 0 Å². The van der Waals surface area contributed by atoms with Crippen LogP contribution >= 0.6 is 15.9 Å². The first-order valence-electron chi connectivity index (χ1n) is 5.15. The Morgan fingerprint density at radius 2 is 2.00 bits per heavy atom. The van der Waals surface area contributed by atoms with Gasteiger partial charge in [0.05, 0.1) is 12.0 Å². The molecule has 1 N–H and O–H groups in total. The second kappa shape index (κ2) is 3.78. The molecule has 3 rings (SSSR count). The van der Waals surface area contributed by atoms with E-state index in [1.165, 1.54) is 0 Å². The predicted molar refractivity (Wildman–Crippen MR) is 67.8 cm³/mol. The van der Waals surface area contributed by atoms with Crippen molar-refractivity contribution in [3.63, 3.8) is 0 Å². The molecule has 0 aliphatic carbocycles. The highest BCUT2D eigenvalue weighted by Gasteiger charge is 2.28. The van der Waals surface area contributed by atoms with Crippen molar-refractivity contribution in [3.05, 3.63) is 38.7 Å². The highest BCUT2D eigenvalue weighted by Crippen LogP contribution is 2.29. The standard InChI is InChI=1S/C12H6BrNO4/c13-5-1-2-8-6(3-5)10-7(15)4-9(16)14-11(10)12(17)18-8/h1-3H,4H2,(H,14,16). The van der Waals surface area contributed by atoms with Gasteiger partial charge in [-0.2, -0.15) is 0 Å². The summed E-state index contributed by atoms with van der Waals surface area (Å²) in [6, 6.07) is 5.00. The van der Waals surface area contributed by atoms with Crippen molar-refractivity contribution in [2.45, 2.75) is 6.42 Å². The number of ketones is 1. The molecule has 1 aliphatic rings. The number of carbonyl (C=O) groups excluding carboxylic acids is 2. The summed E-state index contributed by atoms with van der Waals surface area (Å²) in [5.41, 5.74) is -0.225. The van der Waals surface area contributed by atoms with Crippen LogP contribution in [-0.4, -0.2) is 11.7 Å². The maximum atomic E-state index is 11.9. The molecule has 0 bridgehead atoms. The Labute approximate surface area is 109 Å². The molecule has 1 aliphatic heterocycles. The van der Waals surface area contributed by atoms with Gasteiger partial charge in [0, 0.05) is 9.86 Å². The first kappa shape index (κ1) is 11.2. The third-order valence-electron chi connectivity index (χ3n) is 2.73. The van der Waals surface area contributed by atoms with Crippen molar-refractivity contribution in [2.75, 3.05) is 5.32 Å². The number of benzene rings is 1. The zero-order chi connectivity index (χ0) is 12.9. The lowest BCUT2D eigenvalue weighted by atomic mass is 9.99. The normalized spacial score (nSPS) is 14.5. The number of anilines is 1. The van der Waals surface area contributed by atoms with Crippen LogP contribution in [0.3, 0.4) is 0 Å². The summed E-state index contributed by atoms with van der Waals surface area (Å²) in [4.78, 5) is 34.9. The first-order valence-corrected chi connectivity index (χ1v) is 5.95. The summed E-state index contributed by atoms with van der Waals surface area (Å²) in [5, 5.41) is 2.91. The van der Waals surface area contributed by atoms with Crippen LogP contribution in [0.25, 0.3) is 11.0 Å². The average Bonchev–Trinajstić information content (AvgIpc) is 2.30. The number of halogens is 1. The van der Waals surface area contributed by atoms with Crippen LogP contribution in [0.1, 0.15) is 16.8 Å².